The van der Waals surface area contributed by atoms with E-state index in [0.717, 1.165) is 41.3 Å². The standard InChI is InChI=1S/C19H21N3O2/c1-22(19-13-20-15-6-4-5-7-16(15)21-19)11-10-14-8-9-17(23-2)18(12-14)24-3/h4-9,12-13H,10-11H2,1-3H3. The molecule has 1 heterocycles. The Labute approximate surface area is 141 Å². The molecule has 3 aromatic rings. The van der Waals surface area contributed by atoms with Crippen LogP contribution >= 0.6 is 0 Å². The fourth-order valence-electron chi connectivity index (χ4n) is 2.58. The molecular formula is C19H21N3O2. The summed E-state index contributed by atoms with van der Waals surface area (Å²) >= 11 is 0. The van der Waals surface area contributed by atoms with E-state index in [9.17, 15) is 0 Å². The highest BCUT2D eigenvalue weighted by molar-refractivity contribution is 5.75. The van der Waals surface area contributed by atoms with Gasteiger partial charge in [-0.3, -0.25) is 4.98 Å². The Morgan fingerprint density at radius 3 is 2.46 bits per heavy atom. The summed E-state index contributed by atoms with van der Waals surface area (Å²) in [5.74, 6) is 2.37. The Bertz CT molecular complexity index is 836. The molecule has 0 spiro atoms. The first-order chi connectivity index (χ1) is 11.7. The zero-order valence-corrected chi connectivity index (χ0v) is 14.2. The first-order valence-corrected chi connectivity index (χ1v) is 7.85. The molecule has 24 heavy (non-hydrogen) atoms. The van der Waals surface area contributed by atoms with E-state index in [1.54, 1.807) is 14.2 Å². The van der Waals surface area contributed by atoms with Crippen LogP contribution in [0.25, 0.3) is 11.0 Å². The Kier molecular flexibility index (Phi) is 4.79. The normalized spacial score (nSPS) is 10.6. The highest BCUT2D eigenvalue weighted by Gasteiger charge is 2.08. The minimum Gasteiger partial charge on any atom is -0.493 e. The number of rotatable bonds is 6. The molecule has 124 valence electrons. The van der Waals surface area contributed by atoms with Gasteiger partial charge >= 0.3 is 0 Å². The molecular weight excluding hydrogens is 302 g/mol. The molecule has 0 unspecified atom stereocenters. The van der Waals surface area contributed by atoms with Crippen LogP contribution in [0, 0.1) is 0 Å². The van der Waals surface area contributed by atoms with Crippen molar-refractivity contribution in [1.29, 1.82) is 0 Å². The van der Waals surface area contributed by atoms with Crippen LogP contribution in [0.2, 0.25) is 0 Å². The number of anilines is 1. The van der Waals surface area contributed by atoms with Crippen molar-refractivity contribution in [1.82, 2.24) is 9.97 Å². The van der Waals surface area contributed by atoms with Crippen molar-refractivity contribution in [2.75, 3.05) is 32.7 Å². The lowest BCUT2D eigenvalue weighted by Gasteiger charge is -2.18. The number of methoxy groups -OCH3 is 2. The Morgan fingerprint density at radius 2 is 1.71 bits per heavy atom. The van der Waals surface area contributed by atoms with Crippen molar-refractivity contribution in [3.63, 3.8) is 0 Å². The lowest BCUT2D eigenvalue weighted by molar-refractivity contribution is 0.354. The van der Waals surface area contributed by atoms with E-state index >= 15 is 0 Å². The summed E-state index contributed by atoms with van der Waals surface area (Å²) in [5, 5.41) is 0. The van der Waals surface area contributed by atoms with Gasteiger partial charge in [-0.1, -0.05) is 18.2 Å². The summed E-state index contributed by atoms with van der Waals surface area (Å²) in [5.41, 5.74) is 3.01. The SMILES string of the molecule is COc1ccc(CCN(C)c2cnc3ccccc3n2)cc1OC. The van der Waals surface area contributed by atoms with E-state index < -0.39 is 0 Å². The smallest absolute Gasteiger partial charge is 0.160 e. The molecule has 0 amide bonds. The van der Waals surface area contributed by atoms with Crippen LogP contribution in [0.15, 0.2) is 48.7 Å². The third kappa shape index (κ3) is 3.40. The van der Waals surface area contributed by atoms with Crippen molar-refractivity contribution < 1.29 is 9.47 Å². The Hall–Kier alpha value is -2.82. The number of hydrogen-bond donors (Lipinski definition) is 0. The van der Waals surface area contributed by atoms with Crippen LogP contribution < -0.4 is 14.4 Å². The second-order valence-electron chi connectivity index (χ2n) is 5.58. The van der Waals surface area contributed by atoms with Crippen molar-refractivity contribution in [2.45, 2.75) is 6.42 Å². The molecule has 0 atom stereocenters. The molecule has 0 aliphatic carbocycles. The number of hydrogen-bond acceptors (Lipinski definition) is 5. The third-order valence-electron chi connectivity index (χ3n) is 4.01. The van der Waals surface area contributed by atoms with E-state index in [-0.39, 0.29) is 0 Å². The molecule has 0 bridgehead atoms. The topological polar surface area (TPSA) is 47.5 Å². The second-order valence-corrected chi connectivity index (χ2v) is 5.58. The Morgan fingerprint density at radius 1 is 0.958 bits per heavy atom. The van der Waals surface area contributed by atoms with Crippen LogP contribution in [0.5, 0.6) is 11.5 Å². The number of aromatic nitrogens is 2. The van der Waals surface area contributed by atoms with Gasteiger partial charge in [0, 0.05) is 13.6 Å². The average Bonchev–Trinajstić information content (AvgIpc) is 2.65. The summed E-state index contributed by atoms with van der Waals surface area (Å²) < 4.78 is 10.6. The van der Waals surface area contributed by atoms with Crippen molar-refractivity contribution in [3.8, 4) is 11.5 Å². The van der Waals surface area contributed by atoms with Gasteiger partial charge in [-0.25, -0.2) is 4.98 Å². The van der Waals surface area contributed by atoms with Crippen LogP contribution in [-0.2, 0) is 6.42 Å². The largest absolute Gasteiger partial charge is 0.493 e. The van der Waals surface area contributed by atoms with E-state index in [1.165, 1.54) is 5.56 Å². The zero-order chi connectivity index (χ0) is 16.9. The molecule has 2 aromatic carbocycles. The zero-order valence-electron chi connectivity index (χ0n) is 14.2. The molecule has 0 N–H and O–H groups in total. The van der Waals surface area contributed by atoms with Gasteiger partial charge in [0.15, 0.2) is 11.5 Å². The number of benzene rings is 2. The van der Waals surface area contributed by atoms with E-state index in [0.29, 0.717) is 0 Å². The average molecular weight is 323 g/mol. The quantitative estimate of drug-likeness (QED) is 0.696. The maximum Gasteiger partial charge on any atom is 0.160 e. The molecule has 0 radical (unpaired) electrons. The molecule has 5 nitrogen and oxygen atoms in total. The first-order valence-electron chi connectivity index (χ1n) is 7.85. The van der Waals surface area contributed by atoms with Gasteiger partial charge in [-0.15, -0.1) is 0 Å². The van der Waals surface area contributed by atoms with Gasteiger partial charge in [-0.2, -0.15) is 0 Å². The molecule has 0 saturated carbocycles. The van der Waals surface area contributed by atoms with Crippen LogP contribution in [0.4, 0.5) is 5.82 Å². The number of para-hydroxylation sites is 2. The number of fused-ring (bicyclic) bond motifs is 1. The lowest BCUT2D eigenvalue weighted by atomic mass is 10.1. The number of ether oxygens (including phenoxy) is 2. The van der Waals surface area contributed by atoms with Gasteiger partial charge in [-0.05, 0) is 36.2 Å². The monoisotopic (exact) mass is 323 g/mol. The van der Waals surface area contributed by atoms with Crippen LogP contribution in [-0.4, -0.2) is 37.8 Å². The first kappa shape index (κ1) is 16.1. The molecule has 0 fully saturated rings. The fraction of sp³-hybridized carbons (Fsp3) is 0.263. The second kappa shape index (κ2) is 7.17. The molecule has 1 aromatic heterocycles. The summed E-state index contributed by atoms with van der Waals surface area (Å²) in [6, 6.07) is 13.9. The predicted molar refractivity (Wildman–Crippen MR) is 96.1 cm³/mol. The summed E-state index contributed by atoms with van der Waals surface area (Å²) in [4.78, 5) is 11.2. The summed E-state index contributed by atoms with van der Waals surface area (Å²) in [6.07, 6.45) is 2.70. The Balaban J connectivity index is 1.71. The molecule has 0 aliphatic rings. The van der Waals surface area contributed by atoms with Crippen molar-refractivity contribution in [3.05, 3.63) is 54.2 Å². The van der Waals surface area contributed by atoms with Gasteiger partial charge in [0.05, 0.1) is 31.4 Å². The van der Waals surface area contributed by atoms with Crippen molar-refractivity contribution in [2.24, 2.45) is 0 Å². The minimum absolute atomic E-state index is 0.745. The molecule has 0 saturated heterocycles. The van der Waals surface area contributed by atoms with Crippen LogP contribution in [0.1, 0.15) is 5.56 Å². The maximum atomic E-state index is 5.36. The molecule has 0 aliphatic heterocycles. The summed E-state index contributed by atoms with van der Waals surface area (Å²) in [7, 11) is 5.32. The maximum absolute atomic E-state index is 5.36. The van der Waals surface area contributed by atoms with Gasteiger partial charge in [0.25, 0.3) is 0 Å². The van der Waals surface area contributed by atoms with Crippen molar-refractivity contribution >= 4 is 16.9 Å². The van der Waals surface area contributed by atoms with E-state index in [4.69, 9.17) is 9.47 Å². The highest BCUT2D eigenvalue weighted by Crippen LogP contribution is 2.27. The number of nitrogens with zero attached hydrogens (tertiary/aromatic N) is 3. The highest BCUT2D eigenvalue weighted by atomic mass is 16.5. The fourth-order valence-corrected chi connectivity index (χ4v) is 2.58. The van der Waals surface area contributed by atoms with Gasteiger partial charge in [0.2, 0.25) is 0 Å². The molecule has 3 rings (SSSR count). The lowest BCUT2D eigenvalue weighted by Crippen LogP contribution is -2.21. The van der Waals surface area contributed by atoms with Crippen LogP contribution in [0.3, 0.4) is 0 Å². The number of likely N-dealkylation sites (N-methyl/N-ethyl adjacent to an activating group) is 1. The minimum atomic E-state index is 0.745. The van der Waals surface area contributed by atoms with E-state index in [2.05, 4.69) is 20.9 Å². The predicted octanol–water partition coefficient (Wildman–Crippen LogP) is 3.33. The summed E-state index contributed by atoms with van der Waals surface area (Å²) in [6.45, 7) is 0.836. The molecule has 5 heteroatoms. The van der Waals surface area contributed by atoms with Gasteiger partial charge < -0.3 is 14.4 Å². The van der Waals surface area contributed by atoms with Gasteiger partial charge in [0.1, 0.15) is 5.82 Å². The third-order valence-corrected chi connectivity index (χ3v) is 4.01. The van der Waals surface area contributed by atoms with E-state index in [1.807, 2.05) is 49.6 Å².